The molecule has 2 saturated heterocycles. The Balaban J connectivity index is 1.11. The van der Waals surface area contributed by atoms with Crippen molar-refractivity contribution in [1.82, 2.24) is 20.1 Å². The molecule has 0 radical (unpaired) electrons. The number of amides is 2. The Hall–Kier alpha value is -3.20. The second kappa shape index (κ2) is 12.5. The summed E-state index contributed by atoms with van der Waals surface area (Å²) in [6, 6.07) is 14.6. The maximum Gasteiger partial charge on any atom is 0.228 e. The van der Waals surface area contributed by atoms with Crippen LogP contribution in [0, 0.1) is 11.8 Å². The molecule has 2 amide bonds. The van der Waals surface area contributed by atoms with Crippen molar-refractivity contribution < 1.29 is 14.3 Å². The number of hydrogen-bond acceptors (Lipinski definition) is 5. The van der Waals surface area contributed by atoms with Crippen LogP contribution in [-0.4, -0.2) is 79.1 Å². The summed E-state index contributed by atoms with van der Waals surface area (Å²) in [5.41, 5.74) is 5.90. The standard InChI is InChI=1S/C32H41N5O3/c38-31(33-11-4-12-36-13-15-40-16-14-36)25-17-26(32(39)35-28-10-9-23-5-3-6-24(23)18-28)21-37(20-25)22-27-19-34-30-8-2-1-7-29(27)30/h1-2,7-10,18-19,25-26,34H,3-6,11-17,20-22H2,(H,33,38)(H,35,39)/t25-,26+/m0/s1. The summed E-state index contributed by atoms with van der Waals surface area (Å²) in [5.74, 6) is -0.415. The Morgan fingerprint density at radius 2 is 1.75 bits per heavy atom. The molecule has 2 fully saturated rings. The first-order chi connectivity index (χ1) is 19.6. The topological polar surface area (TPSA) is 89.7 Å². The molecule has 2 aliphatic heterocycles. The summed E-state index contributed by atoms with van der Waals surface area (Å²) < 4.78 is 5.43. The van der Waals surface area contributed by atoms with E-state index in [0.29, 0.717) is 32.6 Å². The van der Waals surface area contributed by atoms with Gasteiger partial charge in [0.15, 0.2) is 0 Å². The zero-order valence-corrected chi connectivity index (χ0v) is 23.3. The molecule has 212 valence electrons. The first kappa shape index (κ1) is 27.0. The van der Waals surface area contributed by atoms with Gasteiger partial charge in [-0.15, -0.1) is 0 Å². The number of benzene rings is 2. The van der Waals surface area contributed by atoms with E-state index >= 15 is 0 Å². The van der Waals surface area contributed by atoms with Crippen LogP contribution in [-0.2, 0) is 33.7 Å². The number of fused-ring (bicyclic) bond motifs is 2. The summed E-state index contributed by atoms with van der Waals surface area (Å²) in [6.45, 7) is 7.10. The molecule has 0 bridgehead atoms. The van der Waals surface area contributed by atoms with Gasteiger partial charge < -0.3 is 20.4 Å². The van der Waals surface area contributed by atoms with E-state index in [1.807, 2.05) is 12.1 Å². The summed E-state index contributed by atoms with van der Waals surface area (Å²) in [5, 5.41) is 7.55. The van der Waals surface area contributed by atoms with Crippen LogP contribution < -0.4 is 10.6 Å². The molecule has 3 aromatic rings. The zero-order chi connectivity index (χ0) is 27.3. The van der Waals surface area contributed by atoms with E-state index in [0.717, 1.165) is 63.3 Å². The molecule has 1 aromatic heterocycles. The zero-order valence-electron chi connectivity index (χ0n) is 23.3. The highest BCUT2D eigenvalue weighted by molar-refractivity contribution is 5.93. The summed E-state index contributed by atoms with van der Waals surface area (Å²) in [4.78, 5) is 34.9. The highest BCUT2D eigenvalue weighted by Crippen LogP contribution is 2.29. The molecule has 2 aromatic carbocycles. The number of likely N-dealkylation sites (tertiary alicyclic amines) is 1. The van der Waals surface area contributed by atoms with E-state index in [-0.39, 0.29) is 23.7 Å². The lowest BCUT2D eigenvalue weighted by molar-refractivity contribution is -0.130. The molecule has 2 atom stereocenters. The fourth-order valence-electron chi connectivity index (χ4n) is 6.58. The molecule has 8 heteroatoms. The number of anilines is 1. The average Bonchev–Trinajstić information content (AvgIpc) is 3.62. The number of rotatable bonds is 9. The van der Waals surface area contributed by atoms with Crippen molar-refractivity contribution in [3.8, 4) is 0 Å². The third kappa shape index (κ3) is 6.40. The van der Waals surface area contributed by atoms with Crippen LogP contribution in [0.3, 0.4) is 0 Å². The number of carbonyl (C=O) groups is 2. The molecule has 0 saturated carbocycles. The van der Waals surface area contributed by atoms with Crippen LogP contribution in [0.1, 0.15) is 36.0 Å². The van der Waals surface area contributed by atoms with Gasteiger partial charge in [-0.05, 0) is 73.5 Å². The van der Waals surface area contributed by atoms with Crippen molar-refractivity contribution in [2.75, 3.05) is 57.8 Å². The highest BCUT2D eigenvalue weighted by Gasteiger charge is 2.35. The molecule has 0 unspecified atom stereocenters. The molecule has 40 heavy (non-hydrogen) atoms. The minimum Gasteiger partial charge on any atom is -0.379 e. The SMILES string of the molecule is O=C(NCCCN1CCOCC1)[C@H]1C[C@@H](C(=O)Nc2ccc3c(c2)CCC3)CN(Cc2c[nH]c3ccccc23)C1. The Labute approximate surface area is 236 Å². The van der Waals surface area contributed by atoms with Gasteiger partial charge >= 0.3 is 0 Å². The highest BCUT2D eigenvalue weighted by atomic mass is 16.5. The number of aromatic amines is 1. The van der Waals surface area contributed by atoms with Crippen LogP contribution in [0.5, 0.6) is 0 Å². The van der Waals surface area contributed by atoms with Gasteiger partial charge in [0.05, 0.1) is 25.0 Å². The Bertz CT molecular complexity index is 1330. The number of nitrogens with one attached hydrogen (secondary N) is 3. The fourth-order valence-corrected chi connectivity index (χ4v) is 6.58. The number of carbonyl (C=O) groups excluding carboxylic acids is 2. The molecule has 3 N–H and O–H groups in total. The second-order valence-electron chi connectivity index (χ2n) is 11.6. The van der Waals surface area contributed by atoms with E-state index in [9.17, 15) is 9.59 Å². The van der Waals surface area contributed by atoms with Gasteiger partial charge in [-0.1, -0.05) is 24.3 Å². The number of morpholine rings is 1. The van der Waals surface area contributed by atoms with Gasteiger partial charge in [-0.25, -0.2) is 0 Å². The third-order valence-electron chi connectivity index (χ3n) is 8.76. The number of hydrogen-bond donors (Lipinski definition) is 3. The predicted molar refractivity (Wildman–Crippen MR) is 157 cm³/mol. The van der Waals surface area contributed by atoms with Crippen LogP contribution in [0.15, 0.2) is 48.7 Å². The Kier molecular flexibility index (Phi) is 8.46. The normalized spacial score (nSPS) is 21.8. The first-order valence-electron chi connectivity index (χ1n) is 14.9. The number of aromatic nitrogens is 1. The van der Waals surface area contributed by atoms with E-state index in [4.69, 9.17) is 4.74 Å². The average molecular weight is 544 g/mol. The van der Waals surface area contributed by atoms with E-state index < -0.39 is 0 Å². The molecular formula is C32H41N5O3. The number of ether oxygens (including phenoxy) is 1. The lowest BCUT2D eigenvalue weighted by Crippen LogP contribution is -2.49. The first-order valence-corrected chi connectivity index (χ1v) is 14.9. The number of aryl methyl sites for hydroxylation is 2. The van der Waals surface area contributed by atoms with E-state index in [2.05, 4.69) is 61.9 Å². The Morgan fingerprint density at radius 1 is 0.950 bits per heavy atom. The van der Waals surface area contributed by atoms with Gasteiger partial charge in [-0.2, -0.15) is 0 Å². The van der Waals surface area contributed by atoms with Crippen LogP contribution in [0.25, 0.3) is 10.9 Å². The van der Waals surface area contributed by atoms with E-state index in [1.165, 1.54) is 28.5 Å². The minimum atomic E-state index is -0.253. The quantitative estimate of drug-likeness (QED) is 0.359. The maximum absolute atomic E-state index is 13.5. The van der Waals surface area contributed by atoms with Crippen molar-refractivity contribution in [2.24, 2.45) is 11.8 Å². The molecular weight excluding hydrogens is 502 g/mol. The number of nitrogens with zero attached hydrogens (tertiary/aromatic N) is 2. The van der Waals surface area contributed by atoms with Crippen molar-refractivity contribution >= 4 is 28.4 Å². The molecule has 3 heterocycles. The summed E-state index contributed by atoms with van der Waals surface area (Å²) in [6.07, 6.45) is 6.92. The van der Waals surface area contributed by atoms with Gasteiger partial charge in [0.1, 0.15) is 0 Å². The summed E-state index contributed by atoms with van der Waals surface area (Å²) >= 11 is 0. The smallest absolute Gasteiger partial charge is 0.228 e. The Morgan fingerprint density at radius 3 is 2.62 bits per heavy atom. The van der Waals surface area contributed by atoms with Crippen LogP contribution in [0.2, 0.25) is 0 Å². The molecule has 8 nitrogen and oxygen atoms in total. The summed E-state index contributed by atoms with van der Waals surface area (Å²) in [7, 11) is 0. The lowest BCUT2D eigenvalue weighted by atomic mass is 9.87. The number of piperidine rings is 1. The largest absolute Gasteiger partial charge is 0.379 e. The maximum atomic E-state index is 13.5. The van der Waals surface area contributed by atoms with Gasteiger partial charge in [0.25, 0.3) is 0 Å². The van der Waals surface area contributed by atoms with Gasteiger partial charge in [0.2, 0.25) is 11.8 Å². The van der Waals surface area contributed by atoms with E-state index in [1.54, 1.807) is 0 Å². The number of para-hydroxylation sites is 1. The van der Waals surface area contributed by atoms with Crippen LogP contribution >= 0.6 is 0 Å². The number of H-pyrrole nitrogens is 1. The van der Waals surface area contributed by atoms with Gasteiger partial charge in [0, 0.05) is 62.1 Å². The fraction of sp³-hybridized carbons (Fsp3) is 0.500. The second-order valence-corrected chi connectivity index (χ2v) is 11.6. The molecule has 3 aliphatic rings. The predicted octanol–water partition coefficient (Wildman–Crippen LogP) is 3.57. The lowest BCUT2D eigenvalue weighted by Gasteiger charge is -2.36. The van der Waals surface area contributed by atoms with Crippen LogP contribution in [0.4, 0.5) is 5.69 Å². The molecule has 1 aliphatic carbocycles. The molecule has 6 rings (SSSR count). The van der Waals surface area contributed by atoms with Crippen molar-refractivity contribution in [3.05, 3.63) is 65.4 Å². The van der Waals surface area contributed by atoms with Gasteiger partial charge in [-0.3, -0.25) is 19.4 Å². The minimum absolute atomic E-state index is 0.00620. The van der Waals surface area contributed by atoms with Crippen molar-refractivity contribution in [1.29, 1.82) is 0 Å². The van der Waals surface area contributed by atoms with Crippen molar-refractivity contribution in [3.63, 3.8) is 0 Å². The third-order valence-corrected chi connectivity index (χ3v) is 8.76. The molecule has 0 spiro atoms. The monoisotopic (exact) mass is 543 g/mol. The van der Waals surface area contributed by atoms with Crippen molar-refractivity contribution in [2.45, 2.75) is 38.6 Å².